The number of nitrogens with zero attached hydrogens (tertiary/aromatic N) is 1. The van der Waals surface area contributed by atoms with Crippen LogP contribution in [0, 0.1) is 0 Å². The summed E-state index contributed by atoms with van der Waals surface area (Å²) >= 11 is 1.67. The maximum absolute atomic E-state index is 10.5. The molecule has 4 heteroatoms. The Morgan fingerprint density at radius 3 is 2.67 bits per heavy atom. The topological polar surface area (TPSA) is 50.2 Å². The number of aryl methyl sites for hydroxylation is 3. The third-order valence-electron chi connectivity index (χ3n) is 2.18. The van der Waals surface area contributed by atoms with Crippen LogP contribution in [0.3, 0.4) is 0 Å². The van der Waals surface area contributed by atoms with Crippen molar-refractivity contribution in [2.24, 2.45) is 0 Å². The Morgan fingerprint density at radius 2 is 2.13 bits per heavy atom. The van der Waals surface area contributed by atoms with Crippen LogP contribution in [0.4, 0.5) is 0 Å². The lowest BCUT2D eigenvalue weighted by atomic mass is 10.2. The van der Waals surface area contributed by atoms with Gasteiger partial charge in [0.25, 0.3) is 0 Å². The first-order valence-corrected chi connectivity index (χ1v) is 6.18. The van der Waals surface area contributed by atoms with Crippen molar-refractivity contribution in [1.82, 2.24) is 4.98 Å². The Hall–Kier alpha value is -0.900. The van der Waals surface area contributed by atoms with Gasteiger partial charge in [-0.25, -0.2) is 4.98 Å². The van der Waals surface area contributed by atoms with Gasteiger partial charge >= 0.3 is 5.97 Å². The Kier molecular flexibility index (Phi) is 4.75. The van der Waals surface area contributed by atoms with Gasteiger partial charge in [-0.2, -0.15) is 0 Å². The van der Waals surface area contributed by atoms with Crippen LogP contribution in [0.15, 0.2) is 0 Å². The summed E-state index contributed by atoms with van der Waals surface area (Å²) in [6.07, 6.45) is 3.80. The predicted octanol–water partition coefficient (Wildman–Crippen LogP) is 2.68. The summed E-state index contributed by atoms with van der Waals surface area (Å²) in [6, 6.07) is 0. The van der Waals surface area contributed by atoms with Gasteiger partial charge in [0.05, 0.1) is 17.1 Å². The first-order chi connectivity index (χ1) is 7.17. The Morgan fingerprint density at radius 1 is 1.40 bits per heavy atom. The fraction of sp³-hybridized carbons (Fsp3) is 0.636. The number of rotatable bonds is 6. The van der Waals surface area contributed by atoms with Crippen LogP contribution in [-0.4, -0.2) is 16.1 Å². The van der Waals surface area contributed by atoms with E-state index in [9.17, 15) is 4.79 Å². The van der Waals surface area contributed by atoms with Crippen LogP contribution in [0.25, 0.3) is 0 Å². The minimum absolute atomic E-state index is 0.210. The normalized spacial score (nSPS) is 10.5. The summed E-state index contributed by atoms with van der Waals surface area (Å²) in [4.78, 5) is 16.2. The van der Waals surface area contributed by atoms with E-state index < -0.39 is 5.97 Å². The maximum atomic E-state index is 10.5. The van der Waals surface area contributed by atoms with E-state index in [-0.39, 0.29) is 6.42 Å². The first kappa shape index (κ1) is 12.2. The SMILES string of the molecule is CCCc1nc(CC)sc1CCC(=O)O. The molecule has 0 aliphatic heterocycles. The largest absolute Gasteiger partial charge is 0.481 e. The lowest BCUT2D eigenvalue weighted by Crippen LogP contribution is -1.98. The molecule has 1 rings (SSSR count). The number of carbonyl (C=O) groups is 1. The van der Waals surface area contributed by atoms with Gasteiger partial charge in [-0.3, -0.25) is 4.79 Å². The smallest absolute Gasteiger partial charge is 0.303 e. The van der Waals surface area contributed by atoms with E-state index in [4.69, 9.17) is 5.11 Å². The number of aromatic nitrogens is 1. The first-order valence-electron chi connectivity index (χ1n) is 5.36. The molecule has 84 valence electrons. The molecule has 0 spiro atoms. The number of aliphatic carboxylic acids is 1. The highest BCUT2D eigenvalue weighted by Crippen LogP contribution is 2.22. The lowest BCUT2D eigenvalue weighted by Gasteiger charge is -1.97. The van der Waals surface area contributed by atoms with Gasteiger partial charge in [-0.05, 0) is 19.3 Å². The second kappa shape index (κ2) is 5.85. The van der Waals surface area contributed by atoms with E-state index in [0.29, 0.717) is 6.42 Å². The van der Waals surface area contributed by atoms with Gasteiger partial charge in [0.1, 0.15) is 0 Å². The van der Waals surface area contributed by atoms with Crippen molar-refractivity contribution in [3.05, 3.63) is 15.6 Å². The molecule has 1 aromatic heterocycles. The van der Waals surface area contributed by atoms with Crippen molar-refractivity contribution in [2.75, 3.05) is 0 Å². The monoisotopic (exact) mass is 227 g/mol. The molecule has 0 aliphatic rings. The fourth-order valence-corrected chi connectivity index (χ4v) is 2.49. The van der Waals surface area contributed by atoms with E-state index in [2.05, 4.69) is 18.8 Å². The van der Waals surface area contributed by atoms with Crippen LogP contribution >= 0.6 is 11.3 Å². The second-order valence-corrected chi connectivity index (χ2v) is 4.64. The molecule has 0 aromatic carbocycles. The molecule has 0 fully saturated rings. The highest BCUT2D eigenvalue weighted by Gasteiger charge is 2.10. The molecule has 0 saturated heterocycles. The van der Waals surface area contributed by atoms with Gasteiger partial charge in [0.15, 0.2) is 0 Å². The van der Waals surface area contributed by atoms with Crippen molar-refractivity contribution >= 4 is 17.3 Å². The maximum Gasteiger partial charge on any atom is 0.303 e. The highest BCUT2D eigenvalue weighted by atomic mass is 32.1. The molecule has 1 heterocycles. The van der Waals surface area contributed by atoms with E-state index in [1.807, 2.05) is 0 Å². The van der Waals surface area contributed by atoms with E-state index in [0.717, 1.165) is 34.8 Å². The molecule has 0 amide bonds. The highest BCUT2D eigenvalue weighted by molar-refractivity contribution is 7.11. The molecule has 0 saturated carbocycles. The zero-order valence-corrected chi connectivity index (χ0v) is 10.1. The molecule has 3 nitrogen and oxygen atoms in total. The Bertz CT molecular complexity index is 333. The Balaban J connectivity index is 2.73. The molecule has 1 N–H and O–H groups in total. The quantitative estimate of drug-likeness (QED) is 0.812. The standard InChI is InChI=1S/C11H17NO2S/c1-3-5-8-9(6-7-11(13)14)15-10(4-2)12-8/h3-7H2,1-2H3,(H,13,14). The van der Waals surface area contributed by atoms with Gasteiger partial charge in [-0.15, -0.1) is 11.3 Å². The summed E-state index contributed by atoms with van der Waals surface area (Å²) in [6.45, 7) is 4.20. The van der Waals surface area contributed by atoms with Crippen LogP contribution in [0.5, 0.6) is 0 Å². The molecule has 15 heavy (non-hydrogen) atoms. The molecule has 1 aromatic rings. The summed E-state index contributed by atoms with van der Waals surface area (Å²) < 4.78 is 0. The third-order valence-corrected chi connectivity index (χ3v) is 3.48. The van der Waals surface area contributed by atoms with Crippen molar-refractivity contribution in [2.45, 2.75) is 46.0 Å². The number of carboxylic acid groups (broad SMARTS) is 1. The second-order valence-electron chi connectivity index (χ2n) is 3.47. The molecular formula is C11H17NO2S. The lowest BCUT2D eigenvalue weighted by molar-refractivity contribution is -0.136. The Labute approximate surface area is 94.2 Å². The summed E-state index contributed by atoms with van der Waals surface area (Å²) in [5, 5.41) is 9.77. The molecule has 0 unspecified atom stereocenters. The number of thiazole rings is 1. The zero-order chi connectivity index (χ0) is 11.3. The van der Waals surface area contributed by atoms with E-state index in [1.54, 1.807) is 11.3 Å². The van der Waals surface area contributed by atoms with Gasteiger partial charge < -0.3 is 5.11 Å². The fourth-order valence-electron chi connectivity index (χ4n) is 1.44. The van der Waals surface area contributed by atoms with Crippen LogP contribution in [0.1, 0.15) is 42.3 Å². The van der Waals surface area contributed by atoms with Crippen molar-refractivity contribution in [3.63, 3.8) is 0 Å². The average molecular weight is 227 g/mol. The number of carboxylic acids is 1. The van der Waals surface area contributed by atoms with Crippen LogP contribution in [0.2, 0.25) is 0 Å². The van der Waals surface area contributed by atoms with Crippen LogP contribution in [-0.2, 0) is 24.1 Å². The minimum atomic E-state index is -0.733. The van der Waals surface area contributed by atoms with E-state index >= 15 is 0 Å². The van der Waals surface area contributed by atoms with E-state index in [1.165, 1.54) is 0 Å². The molecule has 0 aliphatic carbocycles. The van der Waals surface area contributed by atoms with Crippen molar-refractivity contribution in [1.29, 1.82) is 0 Å². The van der Waals surface area contributed by atoms with Gasteiger partial charge in [0, 0.05) is 4.88 Å². The van der Waals surface area contributed by atoms with Crippen molar-refractivity contribution in [3.8, 4) is 0 Å². The molecule has 0 radical (unpaired) electrons. The predicted molar refractivity (Wildman–Crippen MR) is 61.4 cm³/mol. The molecular weight excluding hydrogens is 210 g/mol. The average Bonchev–Trinajstić information content (AvgIpc) is 2.58. The third kappa shape index (κ3) is 3.63. The van der Waals surface area contributed by atoms with Gasteiger partial charge in [0.2, 0.25) is 0 Å². The summed E-state index contributed by atoms with van der Waals surface area (Å²) in [7, 11) is 0. The van der Waals surface area contributed by atoms with Crippen molar-refractivity contribution < 1.29 is 9.90 Å². The summed E-state index contributed by atoms with van der Waals surface area (Å²) in [5.41, 5.74) is 1.11. The summed E-state index contributed by atoms with van der Waals surface area (Å²) in [5.74, 6) is -0.733. The van der Waals surface area contributed by atoms with Crippen LogP contribution < -0.4 is 0 Å². The number of hydrogen-bond donors (Lipinski definition) is 1. The zero-order valence-electron chi connectivity index (χ0n) is 9.25. The molecule has 0 atom stereocenters. The van der Waals surface area contributed by atoms with Gasteiger partial charge in [-0.1, -0.05) is 20.3 Å². The number of hydrogen-bond acceptors (Lipinski definition) is 3. The molecule has 0 bridgehead atoms. The minimum Gasteiger partial charge on any atom is -0.481 e.